The Morgan fingerprint density at radius 2 is 2.15 bits per heavy atom. The predicted octanol–water partition coefficient (Wildman–Crippen LogP) is 1.67. The van der Waals surface area contributed by atoms with Crippen molar-refractivity contribution in [3.63, 3.8) is 0 Å². The highest BCUT2D eigenvalue weighted by molar-refractivity contribution is 7.99. The van der Waals surface area contributed by atoms with Gasteiger partial charge in [-0.3, -0.25) is 4.79 Å². The molecule has 106 valence electrons. The zero-order chi connectivity index (χ0) is 14.7. The number of nitrogen functional groups attached to an aromatic ring is 1. The van der Waals surface area contributed by atoms with Crippen LogP contribution in [0.2, 0.25) is 0 Å². The second-order valence-corrected chi connectivity index (χ2v) is 5.56. The molecule has 2 aromatic rings. The molecule has 0 aliphatic heterocycles. The van der Waals surface area contributed by atoms with Gasteiger partial charge in [-0.05, 0) is 24.6 Å². The normalized spacial score (nSPS) is 13.9. The Bertz CT molecular complexity index is 659. The number of anilines is 1. The van der Waals surface area contributed by atoms with Crippen molar-refractivity contribution in [2.24, 2.45) is 5.73 Å². The van der Waals surface area contributed by atoms with Gasteiger partial charge in [0.05, 0.1) is 5.25 Å². The van der Waals surface area contributed by atoms with Crippen molar-refractivity contribution in [3.05, 3.63) is 52.1 Å². The first-order valence-electron chi connectivity index (χ1n) is 6.00. The number of rotatable bonds is 4. The molecule has 0 bridgehead atoms. The third kappa shape index (κ3) is 3.58. The Balaban J connectivity index is 2.32. The SMILES string of the molecule is CC(N)C(Sc1nc(N)cc(=O)[nH]1)c1cccc(F)c1. The monoisotopic (exact) mass is 294 g/mol. The van der Waals surface area contributed by atoms with Crippen molar-refractivity contribution in [1.82, 2.24) is 9.97 Å². The lowest BCUT2D eigenvalue weighted by molar-refractivity contribution is 0.621. The summed E-state index contributed by atoms with van der Waals surface area (Å²) in [6, 6.07) is 7.14. The van der Waals surface area contributed by atoms with Gasteiger partial charge < -0.3 is 16.5 Å². The van der Waals surface area contributed by atoms with Gasteiger partial charge in [-0.1, -0.05) is 23.9 Å². The molecule has 2 unspecified atom stereocenters. The van der Waals surface area contributed by atoms with Crippen LogP contribution in [0.5, 0.6) is 0 Å². The predicted molar refractivity (Wildman–Crippen MR) is 77.9 cm³/mol. The molecule has 1 aromatic heterocycles. The van der Waals surface area contributed by atoms with Crippen LogP contribution >= 0.6 is 11.8 Å². The molecule has 1 heterocycles. The molecule has 20 heavy (non-hydrogen) atoms. The zero-order valence-corrected chi connectivity index (χ0v) is 11.7. The van der Waals surface area contributed by atoms with E-state index in [0.717, 1.165) is 5.56 Å². The van der Waals surface area contributed by atoms with Gasteiger partial charge in [0.2, 0.25) is 0 Å². The summed E-state index contributed by atoms with van der Waals surface area (Å²) in [7, 11) is 0. The van der Waals surface area contributed by atoms with Crippen molar-refractivity contribution in [2.75, 3.05) is 5.73 Å². The van der Waals surface area contributed by atoms with Crippen molar-refractivity contribution in [3.8, 4) is 0 Å². The van der Waals surface area contributed by atoms with Gasteiger partial charge >= 0.3 is 0 Å². The maximum Gasteiger partial charge on any atom is 0.253 e. The first-order valence-corrected chi connectivity index (χ1v) is 6.88. The van der Waals surface area contributed by atoms with Crippen LogP contribution in [0.15, 0.2) is 40.3 Å². The summed E-state index contributed by atoms with van der Waals surface area (Å²) in [6.45, 7) is 1.81. The van der Waals surface area contributed by atoms with Crippen molar-refractivity contribution < 1.29 is 4.39 Å². The number of benzene rings is 1. The number of nitrogens with two attached hydrogens (primary N) is 2. The number of nitrogens with one attached hydrogen (secondary N) is 1. The lowest BCUT2D eigenvalue weighted by Gasteiger charge is -2.20. The lowest BCUT2D eigenvalue weighted by atomic mass is 10.1. The summed E-state index contributed by atoms with van der Waals surface area (Å²) in [5.74, 6) is -0.193. The number of H-pyrrole nitrogens is 1. The van der Waals surface area contributed by atoms with Gasteiger partial charge in [-0.25, -0.2) is 9.37 Å². The standard InChI is InChI=1S/C13H15FN4OS/c1-7(15)12(8-3-2-4-9(14)5-8)20-13-17-10(16)6-11(19)18-13/h2-7,12H,15H2,1H3,(H3,16,17,18,19). The third-order valence-electron chi connectivity index (χ3n) is 2.63. The van der Waals surface area contributed by atoms with E-state index < -0.39 is 0 Å². The van der Waals surface area contributed by atoms with E-state index in [9.17, 15) is 9.18 Å². The summed E-state index contributed by atoms with van der Waals surface area (Å²) in [4.78, 5) is 18.0. The molecule has 0 fully saturated rings. The van der Waals surface area contributed by atoms with Gasteiger partial charge in [0.25, 0.3) is 5.56 Å². The molecular formula is C13H15FN4OS. The highest BCUT2D eigenvalue weighted by atomic mass is 32.2. The fourth-order valence-electron chi connectivity index (χ4n) is 1.79. The average Bonchev–Trinajstić information content (AvgIpc) is 2.34. The van der Waals surface area contributed by atoms with Crippen LogP contribution in [-0.2, 0) is 0 Å². The fourth-order valence-corrected chi connectivity index (χ4v) is 2.85. The summed E-state index contributed by atoms with van der Waals surface area (Å²) in [6.07, 6.45) is 0. The zero-order valence-electron chi connectivity index (χ0n) is 10.8. The van der Waals surface area contributed by atoms with Gasteiger partial charge in [0.15, 0.2) is 5.16 Å². The van der Waals surface area contributed by atoms with Crippen LogP contribution in [-0.4, -0.2) is 16.0 Å². The van der Waals surface area contributed by atoms with Crippen LogP contribution < -0.4 is 17.0 Å². The van der Waals surface area contributed by atoms with Crippen LogP contribution in [0.25, 0.3) is 0 Å². The maximum absolute atomic E-state index is 13.3. The molecule has 0 amide bonds. The highest BCUT2D eigenvalue weighted by Crippen LogP contribution is 2.35. The molecule has 0 saturated carbocycles. The van der Waals surface area contributed by atoms with Crippen LogP contribution in [0.1, 0.15) is 17.7 Å². The first-order chi connectivity index (χ1) is 9.45. The molecule has 0 aliphatic carbocycles. The Morgan fingerprint density at radius 1 is 1.40 bits per heavy atom. The molecule has 0 saturated heterocycles. The molecule has 0 spiro atoms. The third-order valence-corrected chi connectivity index (χ3v) is 4.01. The second-order valence-electron chi connectivity index (χ2n) is 4.43. The maximum atomic E-state index is 13.3. The fraction of sp³-hybridized carbons (Fsp3) is 0.231. The highest BCUT2D eigenvalue weighted by Gasteiger charge is 2.19. The number of aromatic nitrogens is 2. The van der Waals surface area contributed by atoms with Gasteiger partial charge in [0.1, 0.15) is 11.6 Å². The van der Waals surface area contributed by atoms with E-state index in [4.69, 9.17) is 11.5 Å². The topological polar surface area (TPSA) is 97.8 Å². The van der Waals surface area contributed by atoms with Crippen LogP contribution in [0.4, 0.5) is 10.2 Å². The molecule has 0 aliphatic rings. The minimum absolute atomic E-state index is 0.138. The second kappa shape index (κ2) is 6.06. The summed E-state index contributed by atoms with van der Waals surface area (Å²) < 4.78 is 13.3. The van der Waals surface area contributed by atoms with E-state index in [2.05, 4.69) is 9.97 Å². The van der Waals surface area contributed by atoms with Crippen molar-refractivity contribution >= 4 is 17.6 Å². The van der Waals surface area contributed by atoms with Crippen LogP contribution in [0, 0.1) is 5.82 Å². The molecule has 1 aromatic carbocycles. The number of nitrogens with zero attached hydrogens (tertiary/aromatic N) is 1. The Kier molecular flexibility index (Phi) is 4.41. The van der Waals surface area contributed by atoms with E-state index >= 15 is 0 Å². The molecule has 5 nitrogen and oxygen atoms in total. The Hall–Kier alpha value is -1.86. The number of hydrogen-bond acceptors (Lipinski definition) is 5. The first kappa shape index (κ1) is 14.5. The van der Waals surface area contributed by atoms with Gasteiger partial charge in [0, 0.05) is 12.1 Å². The van der Waals surface area contributed by atoms with Crippen molar-refractivity contribution in [1.29, 1.82) is 0 Å². The van der Waals surface area contributed by atoms with Gasteiger partial charge in [-0.2, -0.15) is 0 Å². The smallest absolute Gasteiger partial charge is 0.253 e. The van der Waals surface area contributed by atoms with E-state index in [1.165, 1.54) is 30.0 Å². The number of hydrogen-bond donors (Lipinski definition) is 3. The van der Waals surface area contributed by atoms with E-state index in [0.29, 0.717) is 5.16 Å². The van der Waals surface area contributed by atoms with Crippen LogP contribution in [0.3, 0.4) is 0 Å². The summed E-state index contributed by atoms with van der Waals surface area (Å²) in [5, 5.41) is 0.122. The van der Waals surface area contributed by atoms with Crippen molar-refractivity contribution in [2.45, 2.75) is 23.4 Å². The number of thioether (sulfide) groups is 1. The quantitative estimate of drug-likeness (QED) is 0.588. The minimum Gasteiger partial charge on any atom is -0.383 e. The Morgan fingerprint density at radius 3 is 2.75 bits per heavy atom. The minimum atomic E-state index is -0.331. The molecular weight excluding hydrogens is 279 g/mol. The lowest BCUT2D eigenvalue weighted by Crippen LogP contribution is -2.23. The molecule has 2 rings (SSSR count). The molecule has 7 heteroatoms. The summed E-state index contributed by atoms with van der Waals surface area (Å²) >= 11 is 1.25. The van der Waals surface area contributed by atoms with E-state index in [1.54, 1.807) is 12.1 Å². The van der Waals surface area contributed by atoms with Gasteiger partial charge in [-0.15, -0.1) is 0 Å². The molecule has 2 atom stereocenters. The number of halogens is 1. The Labute approximate surface area is 119 Å². The van der Waals surface area contributed by atoms with E-state index in [-0.39, 0.29) is 28.5 Å². The van der Waals surface area contributed by atoms with E-state index in [1.807, 2.05) is 6.92 Å². The molecule has 5 N–H and O–H groups in total. The molecule has 0 radical (unpaired) electrons. The summed E-state index contributed by atoms with van der Waals surface area (Å²) in [5.41, 5.74) is 11.9. The average molecular weight is 294 g/mol. The number of aromatic amines is 1. The largest absolute Gasteiger partial charge is 0.383 e.